The van der Waals surface area contributed by atoms with E-state index in [0.717, 1.165) is 11.1 Å². The molecule has 3 aromatic rings. The number of nitrogens with one attached hydrogen (secondary N) is 2. The van der Waals surface area contributed by atoms with Gasteiger partial charge in [0.2, 0.25) is 11.1 Å². The smallest absolute Gasteiger partial charge is 0.387 e. The van der Waals surface area contributed by atoms with Gasteiger partial charge in [0, 0.05) is 17.1 Å². The number of nitrogens with zero attached hydrogens (tertiary/aromatic N) is 2. The number of aromatic amines is 1. The fraction of sp³-hybridized carbons (Fsp3) is 0.211. The van der Waals surface area contributed by atoms with Crippen LogP contribution >= 0.6 is 23.4 Å². The quantitative estimate of drug-likeness (QED) is 0.490. The first kappa shape index (κ1) is 21.1. The van der Waals surface area contributed by atoms with Gasteiger partial charge >= 0.3 is 6.61 Å². The number of halogens is 3. The van der Waals surface area contributed by atoms with E-state index in [2.05, 4.69) is 25.2 Å². The number of alkyl halides is 2. The van der Waals surface area contributed by atoms with Gasteiger partial charge in [-0.2, -0.15) is 8.78 Å². The lowest BCUT2D eigenvalue weighted by molar-refractivity contribution is -0.118. The van der Waals surface area contributed by atoms with Gasteiger partial charge in [-0.05, 0) is 48.4 Å². The zero-order chi connectivity index (χ0) is 20.6. The molecule has 1 amide bonds. The van der Waals surface area contributed by atoms with Crippen molar-refractivity contribution in [2.75, 3.05) is 12.3 Å². The third-order valence-electron chi connectivity index (χ3n) is 3.80. The summed E-state index contributed by atoms with van der Waals surface area (Å²) >= 11 is 7.09. The summed E-state index contributed by atoms with van der Waals surface area (Å²) in [6.45, 7) is -2.41. The summed E-state index contributed by atoms with van der Waals surface area (Å²) in [5, 5.41) is 10.8. The van der Waals surface area contributed by atoms with Crippen molar-refractivity contribution in [1.82, 2.24) is 20.5 Å². The molecule has 0 bridgehead atoms. The Kier molecular flexibility index (Phi) is 7.42. The Morgan fingerprint density at radius 3 is 2.59 bits per heavy atom. The molecule has 1 heterocycles. The van der Waals surface area contributed by atoms with Gasteiger partial charge in [-0.3, -0.25) is 9.89 Å². The van der Waals surface area contributed by atoms with Crippen LogP contribution in [0.15, 0.2) is 53.7 Å². The standard InChI is InChI=1S/C19H17ClF2N4O2S/c20-14-5-3-13(4-6-14)17-24-19(26-25-17)29-11-16(27)23-10-9-12-1-7-15(8-2-12)28-18(21)22/h1-8,18H,9-11H2,(H,23,27)(H,24,25,26). The highest BCUT2D eigenvalue weighted by molar-refractivity contribution is 7.99. The number of rotatable bonds is 9. The number of H-pyrrole nitrogens is 1. The Hall–Kier alpha value is -2.65. The number of carbonyl (C=O) groups excluding carboxylic acids is 1. The molecular weight excluding hydrogens is 422 g/mol. The van der Waals surface area contributed by atoms with E-state index in [0.29, 0.717) is 29.0 Å². The van der Waals surface area contributed by atoms with Crippen LogP contribution in [-0.4, -0.2) is 40.0 Å². The molecule has 0 fully saturated rings. The maximum atomic E-state index is 12.1. The molecule has 0 aliphatic heterocycles. The van der Waals surface area contributed by atoms with Crippen LogP contribution in [0.4, 0.5) is 8.78 Å². The monoisotopic (exact) mass is 438 g/mol. The van der Waals surface area contributed by atoms with E-state index in [1.54, 1.807) is 24.3 Å². The SMILES string of the molecule is O=C(CSc1n[nH]c(-c2ccc(Cl)cc2)n1)NCCc1ccc(OC(F)F)cc1. The first-order valence-corrected chi connectivity index (χ1v) is 9.97. The number of benzene rings is 2. The Labute approximate surface area is 175 Å². The van der Waals surface area contributed by atoms with Gasteiger partial charge in [0.15, 0.2) is 5.82 Å². The highest BCUT2D eigenvalue weighted by atomic mass is 35.5. The highest BCUT2D eigenvalue weighted by Crippen LogP contribution is 2.21. The molecule has 0 aliphatic carbocycles. The summed E-state index contributed by atoms with van der Waals surface area (Å²) in [6.07, 6.45) is 0.576. The van der Waals surface area contributed by atoms with Crippen molar-refractivity contribution in [1.29, 1.82) is 0 Å². The summed E-state index contributed by atoms with van der Waals surface area (Å²) in [4.78, 5) is 16.3. The fourth-order valence-electron chi connectivity index (χ4n) is 2.41. The van der Waals surface area contributed by atoms with Crippen LogP contribution in [0.1, 0.15) is 5.56 Å². The first-order chi connectivity index (χ1) is 14.0. The topological polar surface area (TPSA) is 79.9 Å². The molecule has 0 unspecified atom stereocenters. The molecule has 0 spiro atoms. The minimum Gasteiger partial charge on any atom is -0.435 e. The Morgan fingerprint density at radius 2 is 1.90 bits per heavy atom. The zero-order valence-corrected chi connectivity index (χ0v) is 16.6. The number of hydrogen-bond acceptors (Lipinski definition) is 5. The Balaban J connectivity index is 1.39. The third-order valence-corrected chi connectivity index (χ3v) is 4.90. The molecule has 152 valence electrons. The van der Waals surface area contributed by atoms with Crippen molar-refractivity contribution in [3.8, 4) is 17.1 Å². The molecule has 1 aromatic heterocycles. The maximum absolute atomic E-state index is 12.1. The van der Waals surface area contributed by atoms with Gasteiger partial charge in [-0.1, -0.05) is 35.5 Å². The molecule has 0 aliphatic rings. The normalized spacial score (nSPS) is 10.9. The second-order valence-electron chi connectivity index (χ2n) is 5.88. The molecule has 10 heteroatoms. The molecular formula is C19H17ClF2N4O2S. The van der Waals surface area contributed by atoms with E-state index in [4.69, 9.17) is 11.6 Å². The molecule has 0 saturated carbocycles. The van der Waals surface area contributed by atoms with Crippen LogP contribution in [0.2, 0.25) is 5.02 Å². The van der Waals surface area contributed by atoms with Crippen molar-refractivity contribution in [2.45, 2.75) is 18.2 Å². The summed E-state index contributed by atoms with van der Waals surface area (Å²) in [7, 11) is 0. The van der Waals surface area contributed by atoms with Gasteiger partial charge in [0.05, 0.1) is 5.75 Å². The van der Waals surface area contributed by atoms with E-state index >= 15 is 0 Å². The lowest BCUT2D eigenvalue weighted by Crippen LogP contribution is -2.27. The van der Waals surface area contributed by atoms with E-state index < -0.39 is 6.61 Å². The van der Waals surface area contributed by atoms with Crippen LogP contribution in [0, 0.1) is 0 Å². The minimum atomic E-state index is -2.84. The lowest BCUT2D eigenvalue weighted by Gasteiger charge is -2.07. The largest absolute Gasteiger partial charge is 0.435 e. The van der Waals surface area contributed by atoms with E-state index in [1.807, 2.05) is 12.1 Å². The molecule has 3 rings (SSSR count). The molecule has 2 N–H and O–H groups in total. The average molecular weight is 439 g/mol. The average Bonchev–Trinajstić information content (AvgIpc) is 3.17. The van der Waals surface area contributed by atoms with Gasteiger partial charge in [0.25, 0.3) is 0 Å². The van der Waals surface area contributed by atoms with Crippen LogP contribution in [0.3, 0.4) is 0 Å². The zero-order valence-electron chi connectivity index (χ0n) is 15.1. The molecule has 6 nitrogen and oxygen atoms in total. The van der Waals surface area contributed by atoms with Crippen molar-refractivity contribution in [2.24, 2.45) is 0 Å². The van der Waals surface area contributed by atoms with Crippen LogP contribution in [0.5, 0.6) is 5.75 Å². The summed E-state index contributed by atoms with van der Waals surface area (Å²) < 4.78 is 28.5. The number of aromatic nitrogens is 3. The van der Waals surface area contributed by atoms with Gasteiger partial charge in [-0.15, -0.1) is 5.10 Å². The number of amides is 1. The van der Waals surface area contributed by atoms with Crippen molar-refractivity contribution in [3.63, 3.8) is 0 Å². The summed E-state index contributed by atoms with van der Waals surface area (Å²) in [6, 6.07) is 13.5. The minimum absolute atomic E-state index is 0.105. The molecule has 29 heavy (non-hydrogen) atoms. The van der Waals surface area contributed by atoms with Crippen molar-refractivity contribution < 1.29 is 18.3 Å². The third kappa shape index (κ3) is 6.72. The lowest BCUT2D eigenvalue weighted by atomic mass is 10.1. The van der Waals surface area contributed by atoms with Crippen LogP contribution in [-0.2, 0) is 11.2 Å². The molecule has 0 saturated heterocycles. The Morgan fingerprint density at radius 1 is 1.17 bits per heavy atom. The van der Waals surface area contributed by atoms with E-state index in [-0.39, 0.29) is 17.4 Å². The van der Waals surface area contributed by atoms with E-state index in [1.165, 1.54) is 23.9 Å². The number of ether oxygens (including phenoxy) is 1. The van der Waals surface area contributed by atoms with Gasteiger partial charge in [-0.25, -0.2) is 4.98 Å². The highest BCUT2D eigenvalue weighted by Gasteiger charge is 2.09. The van der Waals surface area contributed by atoms with E-state index in [9.17, 15) is 13.6 Å². The second-order valence-corrected chi connectivity index (χ2v) is 7.26. The predicted molar refractivity (Wildman–Crippen MR) is 107 cm³/mol. The second kappa shape index (κ2) is 10.2. The summed E-state index contributed by atoms with van der Waals surface area (Å²) in [5.74, 6) is 0.738. The predicted octanol–water partition coefficient (Wildman–Crippen LogP) is 4.18. The number of hydrogen-bond donors (Lipinski definition) is 2. The molecule has 0 radical (unpaired) electrons. The van der Waals surface area contributed by atoms with Gasteiger partial charge < -0.3 is 10.1 Å². The first-order valence-electron chi connectivity index (χ1n) is 8.61. The summed E-state index contributed by atoms with van der Waals surface area (Å²) in [5.41, 5.74) is 1.75. The number of carbonyl (C=O) groups is 1. The molecule has 0 atom stereocenters. The molecule has 2 aromatic carbocycles. The van der Waals surface area contributed by atoms with Crippen molar-refractivity contribution in [3.05, 3.63) is 59.1 Å². The fourth-order valence-corrected chi connectivity index (χ4v) is 3.17. The Bertz CT molecular complexity index is 936. The van der Waals surface area contributed by atoms with Crippen LogP contribution in [0.25, 0.3) is 11.4 Å². The van der Waals surface area contributed by atoms with Crippen molar-refractivity contribution >= 4 is 29.3 Å². The maximum Gasteiger partial charge on any atom is 0.387 e. The van der Waals surface area contributed by atoms with Gasteiger partial charge in [0.1, 0.15) is 5.75 Å². The van der Waals surface area contributed by atoms with Crippen LogP contribution < -0.4 is 10.1 Å². The number of thioether (sulfide) groups is 1.